The molecule has 128 valence electrons. The standard InChI is InChI=1S/C21H27NO2/c1-14-12-17(15-8-6-5-7-9-15)22-24-18(14)23-19-20(2,3)16-10-11-21(19,4)13-16/h5-9,16,18-19H,1,10-13H2,2-4H3/t16-,18?,19-,21+/m0/s1. The first-order valence-electron chi connectivity index (χ1n) is 9.01. The van der Waals surface area contributed by atoms with Gasteiger partial charge in [-0.05, 0) is 47.1 Å². The summed E-state index contributed by atoms with van der Waals surface area (Å²) >= 11 is 0. The molecule has 0 spiro atoms. The fourth-order valence-electron chi connectivity index (χ4n) is 5.14. The van der Waals surface area contributed by atoms with Crippen LogP contribution in [0.2, 0.25) is 0 Å². The van der Waals surface area contributed by atoms with E-state index in [0.29, 0.717) is 6.42 Å². The maximum atomic E-state index is 6.47. The Balaban J connectivity index is 1.51. The summed E-state index contributed by atoms with van der Waals surface area (Å²) in [6.07, 6.45) is 4.34. The molecular weight excluding hydrogens is 298 g/mol. The van der Waals surface area contributed by atoms with Crippen LogP contribution in [-0.4, -0.2) is 18.1 Å². The Morgan fingerprint density at radius 1 is 1.21 bits per heavy atom. The van der Waals surface area contributed by atoms with Crippen molar-refractivity contribution in [1.82, 2.24) is 0 Å². The second-order valence-electron chi connectivity index (χ2n) is 8.61. The summed E-state index contributed by atoms with van der Waals surface area (Å²) in [6.45, 7) is 11.3. The summed E-state index contributed by atoms with van der Waals surface area (Å²) in [5, 5.41) is 4.34. The molecular formula is C21H27NO2. The number of fused-ring (bicyclic) bond motifs is 2. The monoisotopic (exact) mass is 325 g/mol. The molecule has 2 saturated carbocycles. The van der Waals surface area contributed by atoms with Crippen molar-refractivity contribution in [3.63, 3.8) is 0 Å². The smallest absolute Gasteiger partial charge is 0.249 e. The van der Waals surface area contributed by atoms with E-state index in [2.05, 4.69) is 44.6 Å². The zero-order chi connectivity index (χ0) is 16.9. The Bertz CT molecular complexity index is 674. The van der Waals surface area contributed by atoms with E-state index in [9.17, 15) is 0 Å². The summed E-state index contributed by atoms with van der Waals surface area (Å²) in [6, 6.07) is 10.1. The predicted octanol–water partition coefficient (Wildman–Crippen LogP) is 4.92. The Hall–Kier alpha value is -1.61. The average molecular weight is 325 g/mol. The van der Waals surface area contributed by atoms with Gasteiger partial charge in [0.15, 0.2) is 0 Å². The maximum absolute atomic E-state index is 6.47. The zero-order valence-electron chi connectivity index (χ0n) is 14.9. The van der Waals surface area contributed by atoms with Gasteiger partial charge in [-0.2, -0.15) is 0 Å². The minimum absolute atomic E-state index is 0.195. The summed E-state index contributed by atoms with van der Waals surface area (Å²) in [7, 11) is 0. The van der Waals surface area contributed by atoms with Gasteiger partial charge in [-0.1, -0.05) is 62.8 Å². The third kappa shape index (κ3) is 2.41. The molecule has 3 aliphatic rings. The number of nitrogens with zero attached hydrogens (tertiary/aromatic N) is 1. The van der Waals surface area contributed by atoms with E-state index in [4.69, 9.17) is 9.57 Å². The van der Waals surface area contributed by atoms with Crippen LogP contribution < -0.4 is 0 Å². The molecule has 2 fully saturated rings. The molecule has 4 atom stereocenters. The quantitative estimate of drug-likeness (QED) is 0.738. The lowest BCUT2D eigenvalue weighted by atomic mass is 9.70. The summed E-state index contributed by atoms with van der Waals surface area (Å²) < 4.78 is 6.47. The van der Waals surface area contributed by atoms with Gasteiger partial charge in [0.25, 0.3) is 0 Å². The number of benzene rings is 1. The fraction of sp³-hybridized carbons (Fsp3) is 0.571. The normalized spacial score (nSPS) is 37.2. The van der Waals surface area contributed by atoms with Crippen LogP contribution in [0, 0.1) is 16.7 Å². The number of ether oxygens (including phenoxy) is 1. The lowest BCUT2D eigenvalue weighted by Crippen LogP contribution is -2.45. The molecule has 2 bridgehead atoms. The van der Waals surface area contributed by atoms with Gasteiger partial charge in [-0.3, -0.25) is 0 Å². The number of hydrogen-bond donors (Lipinski definition) is 0. The average Bonchev–Trinajstić information content (AvgIpc) is 3.04. The molecule has 0 N–H and O–H groups in total. The molecule has 24 heavy (non-hydrogen) atoms. The van der Waals surface area contributed by atoms with E-state index in [1.54, 1.807) is 0 Å². The van der Waals surface area contributed by atoms with Gasteiger partial charge in [-0.25, -0.2) is 0 Å². The molecule has 1 aliphatic heterocycles. The molecule has 4 rings (SSSR count). The highest BCUT2D eigenvalue weighted by Crippen LogP contribution is 2.63. The Labute approximate surface area is 144 Å². The molecule has 3 heteroatoms. The molecule has 1 unspecified atom stereocenters. The molecule has 1 heterocycles. The lowest BCUT2D eigenvalue weighted by molar-refractivity contribution is -0.204. The highest BCUT2D eigenvalue weighted by atomic mass is 16.8. The predicted molar refractivity (Wildman–Crippen MR) is 95.7 cm³/mol. The minimum atomic E-state index is -0.419. The topological polar surface area (TPSA) is 30.8 Å². The van der Waals surface area contributed by atoms with Crippen molar-refractivity contribution in [3.05, 3.63) is 48.0 Å². The van der Waals surface area contributed by atoms with E-state index in [-0.39, 0.29) is 16.9 Å². The third-order valence-electron chi connectivity index (χ3n) is 6.49. The molecule has 2 aliphatic carbocycles. The van der Waals surface area contributed by atoms with Crippen LogP contribution in [0.1, 0.15) is 52.0 Å². The molecule has 0 aromatic heterocycles. The van der Waals surface area contributed by atoms with Crippen LogP contribution in [0.4, 0.5) is 0 Å². The van der Waals surface area contributed by atoms with Gasteiger partial charge in [0, 0.05) is 6.42 Å². The number of hydrogen-bond acceptors (Lipinski definition) is 3. The van der Waals surface area contributed by atoms with Gasteiger partial charge < -0.3 is 9.57 Å². The Morgan fingerprint density at radius 3 is 2.58 bits per heavy atom. The number of oxime groups is 1. The first-order valence-corrected chi connectivity index (χ1v) is 9.01. The van der Waals surface area contributed by atoms with Crippen molar-refractivity contribution < 1.29 is 9.57 Å². The highest BCUT2D eigenvalue weighted by Gasteiger charge is 2.60. The molecule has 3 nitrogen and oxygen atoms in total. The maximum Gasteiger partial charge on any atom is 0.249 e. The number of rotatable bonds is 3. The van der Waals surface area contributed by atoms with Crippen LogP contribution >= 0.6 is 0 Å². The second kappa shape index (κ2) is 5.45. The molecule has 0 amide bonds. The lowest BCUT2D eigenvalue weighted by Gasteiger charge is -2.44. The van der Waals surface area contributed by atoms with Crippen molar-refractivity contribution in [2.75, 3.05) is 0 Å². The van der Waals surface area contributed by atoms with Gasteiger partial charge >= 0.3 is 0 Å². The first-order chi connectivity index (χ1) is 11.4. The van der Waals surface area contributed by atoms with Crippen molar-refractivity contribution >= 4 is 5.71 Å². The molecule has 0 radical (unpaired) electrons. The van der Waals surface area contributed by atoms with Crippen LogP contribution in [0.25, 0.3) is 0 Å². The summed E-state index contributed by atoms with van der Waals surface area (Å²) in [5.41, 5.74) is 3.44. The van der Waals surface area contributed by atoms with Crippen LogP contribution in [0.3, 0.4) is 0 Å². The van der Waals surface area contributed by atoms with Crippen molar-refractivity contribution in [1.29, 1.82) is 0 Å². The zero-order valence-corrected chi connectivity index (χ0v) is 14.9. The summed E-state index contributed by atoms with van der Waals surface area (Å²) in [4.78, 5) is 5.73. The fourth-order valence-corrected chi connectivity index (χ4v) is 5.14. The van der Waals surface area contributed by atoms with Crippen molar-refractivity contribution in [2.24, 2.45) is 21.9 Å². The largest absolute Gasteiger partial charge is 0.359 e. The van der Waals surface area contributed by atoms with Gasteiger partial charge in [0.05, 0.1) is 11.8 Å². The van der Waals surface area contributed by atoms with Crippen molar-refractivity contribution in [2.45, 2.75) is 58.8 Å². The van der Waals surface area contributed by atoms with E-state index < -0.39 is 6.29 Å². The van der Waals surface area contributed by atoms with Gasteiger partial charge in [-0.15, -0.1) is 0 Å². The van der Waals surface area contributed by atoms with E-state index in [1.807, 2.05) is 18.2 Å². The Kier molecular flexibility index (Phi) is 3.61. The van der Waals surface area contributed by atoms with Gasteiger partial charge in [0.1, 0.15) is 0 Å². The van der Waals surface area contributed by atoms with Crippen LogP contribution in [0.5, 0.6) is 0 Å². The summed E-state index contributed by atoms with van der Waals surface area (Å²) in [5.74, 6) is 0.757. The third-order valence-corrected chi connectivity index (χ3v) is 6.49. The first kappa shape index (κ1) is 15.9. The van der Waals surface area contributed by atoms with E-state index >= 15 is 0 Å². The van der Waals surface area contributed by atoms with Crippen LogP contribution in [-0.2, 0) is 9.57 Å². The molecule has 1 aromatic carbocycles. The van der Waals surface area contributed by atoms with Crippen LogP contribution in [0.15, 0.2) is 47.6 Å². The van der Waals surface area contributed by atoms with Crippen molar-refractivity contribution in [3.8, 4) is 0 Å². The molecule has 0 saturated heterocycles. The molecule has 1 aromatic rings. The highest BCUT2D eigenvalue weighted by molar-refractivity contribution is 6.01. The Morgan fingerprint density at radius 2 is 1.96 bits per heavy atom. The van der Waals surface area contributed by atoms with E-state index in [1.165, 1.54) is 19.3 Å². The minimum Gasteiger partial charge on any atom is -0.359 e. The van der Waals surface area contributed by atoms with E-state index in [0.717, 1.165) is 22.8 Å². The second-order valence-corrected chi connectivity index (χ2v) is 8.61. The SMILES string of the molecule is C=C1CC(c2ccccc2)=NOC1O[C@H]1C(C)(C)[C@H]2CC[C@]1(C)C2. The van der Waals surface area contributed by atoms with Gasteiger partial charge in [0.2, 0.25) is 6.29 Å².